The lowest BCUT2D eigenvalue weighted by Gasteiger charge is -2.43. The summed E-state index contributed by atoms with van der Waals surface area (Å²) in [6.45, 7) is 5.70. The van der Waals surface area contributed by atoms with Gasteiger partial charge in [0.1, 0.15) is 12.1 Å². The Kier molecular flexibility index (Phi) is 5.66. The maximum Gasteiger partial charge on any atom is 0.325 e. The van der Waals surface area contributed by atoms with Crippen molar-refractivity contribution in [2.75, 3.05) is 18.1 Å². The highest BCUT2D eigenvalue weighted by Gasteiger charge is 2.56. The van der Waals surface area contributed by atoms with E-state index in [1.54, 1.807) is 0 Å². The molecule has 1 aliphatic carbocycles. The number of amides is 4. The average Bonchev–Trinajstić information content (AvgIpc) is 2.77. The minimum absolute atomic E-state index is 0.00503. The van der Waals surface area contributed by atoms with E-state index in [9.17, 15) is 22.8 Å². The van der Waals surface area contributed by atoms with Gasteiger partial charge in [-0.3, -0.25) is 14.5 Å². The molecule has 8 nitrogen and oxygen atoms in total. The Bertz CT molecular complexity index is 1020. The van der Waals surface area contributed by atoms with Crippen LogP contribution in [0.5, 0.6) is 0 Å². The summed E-state index contributed by atoms with van der Waals surface area (Å²) in [6.07, 6.45) is 3.03. The topological polar surface area (TPSA) is 113 Å². The molecule has 0 bridgehead atoms. The second-order valence-electron chi connectivity index (χ2n) is 9.22. The third-order valence-corrected chi connectivity index (χ3v) is 7.01. The molecule has 0 radical (unpaired) electrons. The second-order valence-corrected chi connectivity index (χ2v) is 11.6. The third kappa shape index (κ3) is 4.46. The number of halogens is 1. The van der Waals surface area contributed by atoms with Gasteiger partial charge in [-0.15, -0.1) is 0 Å². The maximum atomic E-state index is 13.1. The van der Waals surface area contributed by atoms with E-state index in [0.29, 0.717) is 12.8 Å². The summed E-state index contributed by atoms with van der Waals surface area (Å²) in [5, 5.41) is 5.46. The van der Waals surface area contributed by atoms with E-state index in [2.05, 4.69) is 24.5 Å². The lowest BCUT2D eigenvalue weighted by atomic mass is 9.64. The van der Waals surface area contributed by atoms with Crippen LogP contribution in [0.3, 0.4) is 0 Å². The molecule has 1 aromatic rings. The predicted octanol–water partition coefficient (Wildman–Crippen LogP) is 2.82. The third-order valence-electron chi connectivity index (χ3n) is 5.57. The Morgan fingerprint density at radius 3 is 2.57 bits per heavy atom. The molecule has 1 aromatic carbocycles. The molecule has 4 amide bonds. The Morgan fingerprint density at radius 2 is 1.97 bits per heavy atom. The van der Waals surface area contributed by atoms with E-state index in [1.807, 2.05) is 6.92 Å². The van der Waals surface area contributed by atoms with Crippen molar-refractivity contribution in [1.29, 1.82) is 0 Å². The Morgan fingerprint density at radius 1 is 1.30 bits per heavy atom. The van der Waals surface area contributed by atoms with Crippen LogP contribution in [0.2, 0.25) is 5.02 Å². The molecule has 164 valence electrons. The number of benzene rings is 1. The maximum absolute atomic E-state index is 13.1. The summed E-state index contributed by atoms with van der Waals surface area (Å²) in [5.74, 6) is -0.797. The summed E-state index contributed by atoms with van der Waals surface area (Å²) >= 11 is 6.06. The quantitative estimate of drug-likeness (QED) is 0.678. The van der Waals surface area contributed by atoms with E-state index < -0.39 is 39.8 Å². The van der Waals surface area contributed by atoms with Crippen molar-refractivity contribution in [3.8, 4) is 0 Å². The highest BCUT2D eigenvalue weighted by Crippen LogP contribution is 2.46. The first-order valence-electron chi connectivity index (χ1n) is 9.66. The molecule has 2 unspecified atom stereocenters. The van der Waals surface area contributed by atoms with Gasteiger partial charge in [-0.05, 0) is 48.8 Å². The lowest BCUT2D eigenvalue weighted by molar-refractivity contribution is -0.136. The van der Waals surface area contributed by atoms with Crippen LogP contribution in [0, 0.1) is 11.3 Å². The fraction of sp³-hybridized carbons (Fsp3) is 0.550. The van der Waals surface area contributed by atoms with Crippen molar-refractivity contribution in [1.82, 2.24) is 10.2 Å². The van der Waals surface area contributed by atoms with Crippen LogP contribution in [0.15, 0.2) is 23.1 Å². The number of carbonyl (C=O) groups excluding carboxylic acids is 3. The molecular formula is C20H26ClN3O5S. The van der Waals surface area contributed by atoms with Gasteiger partial charge in [-0.25, -0.2) is 13.2 Å². The first kappa shape index (κ1) is 22.6. The first-order chi connectivity index (χ1) is 13.7. The minimum atomic E-state index is -3.49. The monoisotopic (exact) mass is 455 g/mol. The van der Waals surface area contributed by atoms with Crippen LogP contribution in [0.1, 0.15) is 40.0 Å². The molecule has 2 fully saturated rings. The normalized spacial score (nSPS) is 26.0. The Balaban J connectivity index is 1.77. The molecule has 1 aliphatic heterocycles. The second kappa shape index (κ2) is 7.53. The number of nitrogens with zero attached hydrogens (tertiary/aromatic N) is 1. The molecule has 0 aromatic heterocycles. The number of hydrogen-bond acceptors (Lipinski definition) is 5. The highest BCUT2D eigenvalue weighted by molar-refractivity contribution is 7.90. The molecule has 1 saturated carbocycles. The highest BCUT2D eigenvalue weighted by atomic mass is 35.5. The molecule has 1 saturated heterocycles. The van der Waals surface area contributed by atoms with Crippen molar-refractivity contribution < 1.29 is 22.8 Å². The number of anilines is 1. The SMILES string of the molecule is CC1CC(C)(C)CC2(C1)NC(=O)N(CC(=O)Nc1cc(S(C)(=O)=O)ccc1Cl)C2=O. The largest absolute Gasteiger partial charge is 0.325 e. The molecule has 1 heterocycles. The van der Waals surface area contributed by atoms with Gasteiger partial charge in [-0.2, -0.15) is 0 Å². The smallest absolute Gasteiger partial charge is 0.323 e. The standard InChI is InChI=1S/C20H26ClN3O5S/c1-12-8-19(2,3)11-20(9-12)17(26)24(18(27)23-20)10-16(25)22-15-7-13(30(4,28)29)5-6-14(15)21/h5-7,12H,8-11H2,1-4H3,(H,22,25)(H,23,27). The fourth-order valence-corrected chi connectivity index (χ4v) is 5.63. The molecule has 30 heavy (non-hydrogen) atoms. The average molecular weight is 456 g/mol. The molecule has 10 heteroatoms. The first-order valence-corrected chi connectivity index (χ1v) is 11.9. The lowest BCUT2D eigenvalue weighted by Crippen LogP contribution is -2.54. The summed E-state index contributed by atoms with van der Waals surface area (Å²) < 4.78 is 23.5. The van der Waals surface area contributed by atoms with Crippen LogP contribution < -0.4 is 10.6 Å². The number of carbonyl (C=O) groups is 3. The van der Waals surface area contributed by atoms with Crippen LogP contribution in [-0.2, 0) is 19.4 Å². The summed E-state index contributed by atoms with van der Waals surface area (Å²) in [4.78, 5) is 39.1. The van der Waals surface area contributed by atoms with E-state index in [4.69, 9.17) is 11.6 Å². The van der Waals surface area contributed by atoms with E-state index >= 15 is 0 Å². The molecule has 1 spiro atoms. The van der Waals surface area contributed by atoms with E-state index in [-0.39, 0.29) is 26.9 Å². The van der Waals surface area contributed by atoms with Gasteiger partial charge in [0, 0.05) is 6.26 Å². The van der Waals surface area contributed by atoms with E-state index in [0.717, 1.165) is 17.6 Å². The summed E-state index contributed by atoms with van der Waals surface area (Å²) in [6, 6.07) is 3.34. The van der Waals surface area contributed by atoms with Gasteiger partial charge >= 0.3 is 6.03 Å². The van der Waals surface area contributed by atoms with Crippen LogP contribution in [-0.4, -0.2) is 49.5 Å². The van der Waals surface area contributed by atoms with Gasteiger partial charge in [-0.1, -0.05) is 32.4 Å². The summed E-state index contributed by atoms with van der Waals surface area (Å²) in [7, 11) is -3.49. The van der Waals surface area contributed by atoms with Gasteiger partial charge in [0.25, 0.3) is 5.91 Å². The van der Waals surface area contributed by atoms with Gasteiger partial charge in [0.05, 0.1) is 15.6 Å². The van der Waals surface area contributed by atoms with E-state index in [1.165, 1.54) is 18.2 Å². The molecule has 2 atom stereocenters. The Labute approximate surface area is 181 Å². The fourth-order valence-electron chi connectivity index (χ4n) is 4.81. The number of sulfone groups is 1. The predicted molar refractivity (Wildman–Crippen MR) is 113 cm³/mol. The zero-order valence-electron chi connectivity index (χ0n) is 17.4. The van der Waals surface area contributed by atoms with Crippen LogP contribution >= 0.6 is 11.6 Å². The zero-order chi connectivity index (χ0) is 22.5. The number of nitrogens with one attached hydrogen (secondary N) is 2. The van der Waals surface area contributed by atoms with Gasteiger partial charge in [0.2, 0.25) is 5.91 Å². The van der Waals surface area contributed by atoms with Gasteiger partial charge < -0.3 is 10.6 Å². The number of imide groups is 1. The van der Waals surface area contributed by atoms with Gasteiger partial charge in [0.15, 0.2) is 9.84 Å². The van der Waals surface area contributed by atoms with Crippen LogP contribution in [0.4, 0.5) is 10.5 Å². The number of hydrogen-bond donors (Lipinski definition) is 2. The molecular weight excluding hydrogens is 430 g/mol. The number of urea groups is 1. The van der Waals surface area contributed by atoms with Crippen molar-refractivity contribution in [3.63, 3.8) is 0 Å². The van der Waals surface area contributed by atoms with Crippen LogP contribution in [0.25, 0.3) is 0 Å². The molecule has 2 aliphatic rings. The molecule has 2 N–H and O–H groups in total. The molecule has 3 rings (SSSR count). The summed E-state index contributed by atoms with van der Waals surface area (Å²) in [5.41, 5.74) is -1.01. The number of rotatable bonds is 4. The minimum Gasteiger partial charge on any atom is -0.323 e. The Hall–Kier alpha value is -2.13. The van der Waals surface area contributed by atoms with Crippen molar-refractivity contribution in [2.45, 2.75) is 50.5 Å². The van der Waals surface area contributed by atoms with Crippen molar-refractivity contribution in [2.24, 2.45) is 11.3 Å². The zero-order valence-corrected chi connectivity index (χ0v) is 19.0. The van der Waals surface area contributed by atoms with Crippen molar-refractivity contribution >= 4 is 45.0 Å². The van der Waals surface area contributed by atoms with Crippen molar-refractivity contribution in [3.05, 3.63) is 23.2 Å².